The third-order valence-electron chi connectivity index (χ3n) is 4.85. The molecule has 2 unspecified atom stereocenters. The number of rotatable bonds is 16. The van der Waals surface area contributed by atoms with Crippen LogP contribution in [0.5, 0.6) is 0 Å². The van der Waals surface area contributed by atoms with Crippen LogP contribution >= 0.6 is 11.8 Å². The number of nitrogens with one attached hydrogen (secondary N) is 3. The fraction of sp³-hybridized carbons (Fsp3) is 0.684. The van der Waals surface area contributed by atoms with Gasteiger partial charge >= 0.3 is 5.97 Å². The quantitative estimate of drug-likeness (QED) is 0.0879. The van der Waals surface area contributed by atoms with E-state index >= 15 is 0 Å². The topological polar surface area (TPSA) is 206 Å². The lowest BCUT2D eigenvalue weighted by Gasteiger charge is -2.28. The van der Waals surface area contributed by atoms with E-state index in [0.717, 1.165) is 16.7 Å². The Morgan fingerprint density at radius 3 is 2.47 bits per heavy atom. The molecule has 0 bridgehead atoms. The number of likely N-dealkylation sites (N-methyl/N-ethyl adjacent to an activating group) is 1. The van der Waals surface area contributed by atoms with Crippen molar-refractivity contribution in [1.82, 2.24) is 25.8 Å². The second-order valence-corrected chi connectivity index (χ2v) is 8.53. The molecule has 0 aromatic heterocycles. The van der Waals surface area contributed by atoms with Crippen molar-refractivity contribution in [3.63, 3.8) is 0 Å². The van der Waals surface area contributed by atoms with Crippen molar-refractivity contribution >= 4 is 47.3 Å². The van der Waals surface area contributed by atoms with Gasteiger partial charge in [0, 0.05) is 45.3 Å². The average molecular weight is 506 g/mol. The van der Waals surface area contributed by atoms with Crippen LogP contribution in [-0.4, -0.2) is 131 Å². The Hall–Kier alpha value is -2.75. The molecule has 0 aromatic carbocycles. The van der Waals surface area contributed by atoms with Crippen LogP contribution in [0.1, 0.15) is 12.8 Å². The third kappa shape index (κ3) is 9.62. The fourth-order valence-electron chi connectivity index (χ4n) is 3.09. The summed E-state index contributed by atoms with van der Waals surface area (Å²) in [5.41, 5.74) is 0. The van der Waals surface area contributed by atoms with Crippen molar-refractivity contribution in [2.45, 2.75) is 24.1 Å². The zero-order chi connectivity index (χ0) is 25.7. The van der Waals surface area contributed by atoms with E-state index in [2.05, 4.69) is 16.0 Å². The van der Waals surface area contributed by atoms with Gasteiger partial charge in [0.2, 0.25) is 29.5 Å². The molecule has 6 N–H and O–H groups in total. The van der Waals surface area contributed by atoms with Crippen molar-refractivity contribution in [1.29, 1.82) is 0 Å². The first-order chi connectivity index (χ1) is 16.1. The first-order valence-corrected chi connectivity index (χ1v) is 11.6. The number of carbonyl (C=O) groups excluding carboxylic acids is 5. The number of carboxylic acids is 1. The summed E-state index contributed by atoms with van der Waals surface area (Å²) in [6, 6.07) is -1.05. The van der Waals surface area contributed by atoms with Gasteiger partial charge in [-0.15, -0.1) is 11.8 Å². The molecule has 5 amide bonds. The largest absolute Gasteiger partial charge is 0.480 e. The third-order valence-corrected chi connectivity index (χ3v) is 6.06. The first kappa shape index (κ1) is 29.3. The summed E-state index contributed by atoms with van der Waals surface area (Å²) in [4.78, 5) is 72.9. The zero-order valence-electron chi connectivity index (χ0n) is 18.8. The van der Waals surface area contributed by atoms with Crippen molar-refractivity contribution in [3.05, 3.63) is 0 Å². The molecular formula is C19H31N5O9S. The van der Waals surface area contributed by atoms with Gasteiger partial charge in [-0.25, -0.2) is 0 Å². The van der Waals surface area contributed by atoms with Crippen molar-refractivity contribution in [3.8, 4) is 0 Å². The Bertz CT molecular complexity index is 766. The Balaban J connectivity index is 2.47. The van der Waals surface area contributed by atoms with E-state index in [1.54, 1.807) is 0 Å². The van der Waals surface area contributed by atoms with Crippen LogP contribution in [0.3, 0.4) is 0 Å². The maximum atomic E-state index is 12.4. The highest BCUT2D eigenvalue weighted by molar-refractivity contribution is 8.00. The second-order valence-electron chi connectivity index (χ2n) is 7.22. The molecule has 14 nitrogen and oxygen atoms in total. The summed E-state index contributed by atoms with van der Waals surface area (Å²) in [5.74, 6) is -3.34. The number of aliphatic carboxylic acids is 1. The van der Waals surface area contributed by atoms with Gasteiger partial charge in [0.1, 0.15) is 12.6 Å². The highest BCUT2D eigenvalue weighted by atomic mass is 32.2. The van der Waals surface area contributed by atoms with E-state index in [0.29, 0.717) is 0 Å². The summed E-state index contributed by atoms with van der Waals surface area (Å²) in [5, 5.41) is 33.8. The second kappa shape index (κ2) is 15.2. The molecule has 0 spiro atoms. The molecule has 0 aromatic rings. The Labute approximate surface area is 200 Å². The molecule has 0 radical (unpaired) electrons. The van der Waals surface area contributed by atoms with E-state index in [9.17, 15) is 33.9 Å². The molecule has 1 saturated heterocycles. The Kier molecular flexibility index (Phi) is 13.1. The number of hydrogen-bond donors (Lipinski definition) is 6. The van der Waals surface area contributed by atoms with Gasteiger partial charge in [0.05, 0.1) is 25.0 Å². The summed E-state index contributed by atoms with van der Waals surface area (Å²) >= 11 is 1.16. The highest BCUT2D eigenvalue weighted by Crippen LogP contribution is 2.25. The van der Waals surface area contributed by atoms with Gasteiger partial charge in [-0.2, -0.15) is 0 Å². The molecule has 0 aliphatic carbocycles. The van der Waals surface area contributed by atoms with Crippen LogP contribution in [-0.2, 0) is 28.8 Å². The van der Waals surface area contributed by atoms with Gasteiger partial charge in [0.15, 0.2) is 0 Å². The number of nitrogens with zero attached hydrogens (tertiary/aromatic N) is 2. The molecule has 2 atom stereocenters. The predicted molar refractivity (Wildman–Crippen MR) is 119 cm³/mol. The lowest BCUT2D eigenvalue weighted by Crippen LogP contribution is -2.53. The molecule has 34 heavy (non-hydrogen) atoms. The van der Waals surface area contributed by atoms with E-state index in [1.165, 1.54) is 11.9 Å². The minimum Gasteiger partial charge on any atom is -0.480 e. The summed E-state index contributed by atoms with van der Waals surface area (Å²) in [7, 11) is 1.43. The number of imide groups is 1. The van der Waals surface area contributed by atoms with E-state index in [1.807, 2.05) is 0 Å². The van der Waals surface area contributed by atoms with Crippen LogP contribution in [0.2, 0.25) is 0 Å². The van der Waals surface area contributed by atoms with Gasteiger partial charge in [-0.05, 0) is 0 Å². The molecule has 1 heterocycles. The SMILES string of the molecule is CNC(=O)CN(CCO)C(CO)C(=O)NCCSC1CC(=O)N(CCC(=O)NCC(=O)O)C1=O. The number of thioether (sulfide) groups is 1. The highest BCUT2D eigenvalue weighted by Gasteiger charge is 2.38. The first-order valence-electron chi connectivity index (χ1n) is 10.5. The molecule has 192 valence electrons. The van der Waals surface area contributed by atoms with Gasteiger partial charge in [0.25, 0.3) is 0 Å². The van der Waals surface area contributed by atoms with Crippen LogP contribution in [0.15, 0.2) is 0 Å². The van der Waals surface area contributed by atoms with Crippen LogP contribution in [0.4, 0.5) is 0 Å². The number of carboxylic acid groups (broad SMARTS) is 1. The zero-order valence-corrected chi connectivity index (χ0v) is 19.6. The average Bonchev–Trinajstić information content (AvgIpc) is 3.06. The lowest BCUT2D eigenvalue weighted by atomic mass is 10.2. The molecule has 1 rings (SSSR count). The normalized spacial score (nSPS) is 16.5. The molecule has 1 aliphatic heterocycles. The Morgan fingerprint density at radius 1 is 1.18 bits per heavy atom. The van der Waals surface area contributed by atoms with Crippen molar-refractivity contribution < 1.29 is 44.1 Å². The van der Waals surface area contributed by atoms with Crippen LogP contribution < -0.4 is 16.0 Å². The summed E-state index contributed by atoms with van der Waals surface area (Å²) < 4.78 is 0. The van der Waals surface area contributed by atoms with Crippen molar-refractivity contribution in [2.24, 2.45) is 0 Å². The van der Waals surface area contributed by atoms with E-state index < -0.39 is 54.0 Å². The molecular weight excluding hydrogens is 474 g/mol. The van der Waals surface area contributed by atoms with Gasteiger partial charge in [-0.3, -0.25) is 38.6 Å². The molecule has 0 saturated carbocycles. The monoisotopic (exact) mass is 505 g/mol. The minimum atomic E-state index is -1.21. The van der Waals surface area contributed by atoms with Crippen molar-refractivity contribution in [2.75, 3.05) is 58.7 Å². The summed E-state index contributed by atoms with van der Waals surface area (Å²) in [6.07, 6.45) is -0.259. The number of hydrogen-bond acceptors (Lipinski definition) is 10. The van der Waals surface area contributed by atoms with Crippen LogP contribution in [0.25, 0.3) is 0 Å². The minimum absolute atomic E-state index is 0.00364. The van der Waals surface area contributed by atoms with Gasteiger partial charge in [-0.1, -0.05) is 0 Å². The van der Waals surface area contributed by atoms with Crippen LogP contribution in [0, 0.1) is 0 Å². The number of likely N-dealkylation sites (tertiary alicyclic amines) is 1. The molecule has 1 fully saturated rings. The number of amides is 5. The predicted octanol–water partition coefficient (Wildman–Crippen LogP) is -4.04. The smallest absolute Gasteiger partial charge is 0.322 e. The number of aliphatic hydroxyl groups is 2. The standard InChI is InChI=1S/C19H31N5O9S/c1-20-15(28)10-23(5-6-25)12(11-26)18(32)21-3-7-34-13-8-16(29)24(19(13)33)4-2-14(27)22-9-17(30)31/h12-13,25-26H,2-11H2,1H3,(H,20,28)(H,21,32)(H,22,27)(H,30,31). The lowest BCUT2D eigenvalue weighted by molar-refractivity contribution is -0.140. The Morgan fingerprint density at radius 2 is 1.88 bits per heavy atom. The van der Waals surface area contributed by atoms with Gasteiger partial charge < -0.3 is 31.3 Å². The maximum absolute atomic E-state index is 12.4. The fourth-order valence-corrected chi connectivity index (χ4v) is 4.12. The van der Waals surface area contributed by atoms with E-state index in [4.69, 9.17) is 10.2 Å². The maximum Gasteiger partial charge on any atom is 0.322 e. The summed E-state index contributed by atoms with van der Waals surface area (Å²) in [6.45, 7) is -1.64. The molecule has 15 heteroatoms. The number of carbonyl (C=O) groups is 6. The molecule has 1 aliphatic rings. The van der Waals surface area contributed by atoms with E-state index in [-0.39, 0.29) is 57.3 Å². The number of aliphatic hydroxyl groups excluding tert-OH is 2.